The van der Waals surface area contributed by atoms with E-state index in [1.165, 1.54) is 135 Å². The fourth-order valence-corrected chi connectivity index (χ4v) is 4.00. The molecule has 0 aliphatic heterocycles. The van der Waals surface area contributed by atoms with Gasteiger partial charge in [0.2, 0.25) is 5.91 Å². The van der Waals surface area contributed by atoms with Gasteiger partial charge >= 0.3 is 0 Å². The van der Waals surface area contributed by atoms with Crippen LogP contribution in [-0.2, 0) is 4.79 Å². The lowest BCUT2D eigenvalue weighted by Gasteiger charge is -2.04. The zero-order valence-corrected chi connectivity index (χ0v) is 19.7. The van der Waals surface area contributed by atoms with Gasteiger partial charge in [0.25, 0.3) is 0 Å². The second kappa shape index (κ2) is 24.5. The summed E-state index contributed by atoms with van der Waals surface area (Å²) in [4.78, 5) is 10.7. The number of rotatable bonds is 23. The van der Waals surface area contributed by atoms with E-state index >= 15 is 0 Å². The van der Waals surface area contributed by atoms with Gasteiger partial charge in [0.15, 0.2) is 0 Å². The minimum absolute atomic E-state index is 0.100. The van der Waals surface area contributed by atoms with Gasteiger partial charge in [-0.25, -0.2) is 0 Å². The van der Waals surface area contributed by atoms with Crippen molar-refractivity contribution in [1.82, 2.24) is 5.32 Å². The minimum atomic E-state index is 0.100. The lowest BCUT2D eigenvalue weighted by molar-refractivity contribution is -0.118. The van der Waals surface area contributed by atoms with Crippen molar-refractivity contribution >= 4 is 5.91 Å². The highest BCUT2D eigenvalue weighted by Crippen LogP contribution is 2.15. The van der Waals surface area contributed by atoms with Crippen molar-refractivity contribution in [2.24, 2.45) is 0 Å². The van der Waals surface area contributed by atoms with Crippen LogP contribution in [0.3, 0.4) is 0 Å². The first-order valence-electron chi connectivity index (χ1n) is 13.0. The summed E-state index contributed by atoms with van der Waals surface area (Å²) in [6.07, 6.45) is 31.2. The summed E-state index contributed by atoms with van der Waals surface area (Å²) < 4.78 is 0. The predicted molar refractivity (Wildman–Crippen MR) is 126 cm³/mol. The first-order chi connectivity index (χ1) is 13.8. The fourth-order valence-electron chi connectivity index (χ4n) is 4.00. The van der Waals surface area contributed by atoms with Crippen LogP contribution in [0.5, 0.6) is 0 Å². The highest BCUT2D eigenvalue weighted by Gasteiger charge is 1.96. The smallest absolute Gasteiger partial charge is 0.216 e. The third-order valence-electron chi connectivity index (χ3n) is 5.90. The molecule has 0 fully saturated rings. The molecule has 1 N–H and O–H groups in total. The monoisotopic (exact) mass is 395 g/mol. The van der Waals surface area contributed by atoms with Crippen molar-refractivity contribution in [3.63, 3.8) is 0 Å². The van der Waals surface area contributed by atoms with E-state index in [2.05, 4.69) is 12.2 Å². The maximum atomic E-state index is 10.7. The van der Waals surface area contributed by atoms with Gasteiger partial charge in [0, 0.05) is 13.5 Å². The van der Waals surface area contributed by atoms with Crippen molar-refractivity contribution in [3.05, 3.63) is 0 Å². The highest BCUT2D eigenvalue weighted by atomic mass is 16.1. The second-order valence-electron chi connectivity index (χ2n) is 8.91. The van der Waals surface area contributed by atoms with E-state index in [9.17, 15) is 4.79 Å². The molecule has 0 atom stereocenters. The van der Waals surface area contributed by atoms with Gasteiger partial charge in [0.1, 0.15) is 0 Å². The van der Waals surface area contributed by atoms with Crippen LogP contribution < -0.4 is 5.32 Å². The molecule has 0 bridgehead atoms. The van der Waals surface area contributed by atoms with Crippen LogP contribution in [0, 0.1) is 0 Å². The van der Waals surface area contributed by atoms with E-state index in [1.54, 1.807) is 6.92 Å². The average Bonchev–Trinajstić information content (AvgIpc) is 2.68. The van der Waals surface area contributed by atoms with Crippen molar-refractivity contribution in [1.29, 1.82) is 0 Å². The molecule has 0 aromatic carbocycles. The van der Waals surface area contributed by atoms with Gasteiger partial charge in [-0.1, -0.05) is 142 Å². The average molecular weight is 396 g/mol. The zero-order chi connectivity index (χ0) is 20.5. The van der Waals surface area contributed by atoms with E-state index in [-0.39, 0.29) is 5.91 Å². The summed E-state index contributed by atoms with van der Waals surface area (Å²) in [7, 11) is 0. The minimum Gasteiger partial charge on any atom is -0.356 e. The molecule has 0 aliphatic carbocycles. The lowest BCUT2D eigenvalue weighted by Crippen LogP contribution is -2.20. The van der Waals surface area contributed by atoms with Gasteiger partial charge in [-0.2, -0.15) is 0 Å². The van der Waals surface area contributed by atoms with Crippen LogP contribution in [-0.4, -0.2) is 12.5 Å². The molecule has 0 unspecified atom stereocenters. The standard InChI is InChI=1S/C26H53NO/c1-3-4-5-6-7-8-9-10-11-12-13-14-15-16-17-18-19-20-21-22-23-24-25-27-26(2)28/h3-25H2,1-2H3,(H,27,28). The Morgan fingerprint density at radius 3 is 0.964 bits per heavy atom. The Morgan fingerprint density at radius 1 is 0.464 bits per heavy atom. The molecule has 0 saturated heterocycles. The van der Waals surface area contributed by atoms with Crippen molar-refractivity contribution in [2.75, 3.05) is 6.54 Å². The Kier molecular flexibility index (Phi) is 24.0. The van der Waals surface area contributed by atoms with Crippen molar-refractivity contribution < 1.29 is 4.79 Å². The van der Waals surface area contributed by atoms with Crippen molar-refractivity contribution in [3.8, 4) is 0 Å². The SMILES string of the molecule is CCCCCCCCCCCCCCCCCCCCCCCCNC(C)=O. The number of carbonyl (C=O) groups excluding carboxylic acids is 1. The van der Waals surface area contributed by atoms with Gasteiger partial charge in [-0.05, 0) is 6.42 Å². The summed E-state index contributed by atoms with van der Waals surface area (Å²) in [5.74, 6) is 0.100. The molecule has 168 valence electrons. The topological polar surface area (TPSA) is 29.1 Å². The molecule has 0 heterocycles. The first kappa shape index (κ1) is 27.5. The van der Waals surface area contributed by atoms with Crippen LogP contribution in [0.4, 0.5) is 0 Å². The van der Waals surface area contributed by atoms with Crippen LogP contribution in [0.25, 0.3) is 0 Å². The van der Waals surface area contributed by atoms with Crippen LogP contribution >= 0.6 is 0 Å². The van der Waals surface area contributed by atoms with Crippen LogP contribution in [0.15, 0.2) is 0 Å². The van der Waals surface area contributed by atoms with E-state index < -0.39 is 0 Å². The summed E-state index contributed by atoms with van der Waals surface area (Å²) in [6, 6.07) is 0. The number of hydrogen-bond donors (Lipinski definition) is 1. The highest BCUT2D eigenvalue weighted by molar-refractivity contribution is 5.72. The Bertz CT molecular complexity index is 303. The summed E-state index contributed by atoms with van der Waals surface area (Å²) >= 11 is 0. The third kappa shape index (κ3) is 25.5. The number of unbranched alkanes of at least 4 members (excludes halogenated alkanes) is 21. The molecule has 0 rings (SSSR count). The maximum absolute atomic E-state index is 10.7. The quantitative estimate of drug-likeness (QED) is 0.172. The number of hydrogen-bond acceptors (Lipinski definition) is 1. The molecule has 0 spiro atoms. The molecule has 2 nitrogen and oxygen atoms in total. The van der Waals surface area contributed by atoms with E-state index in [0.29, 0.717) is 0 Å². The predicted octanol–water partition coefficient (Wildman–Crippen LogP) is 8.72. The Morgan fingerprint density at radius 2 is 0.714 bits per heavy atom. The molecular formula is C26H53NO. The summed E-state index contributed by atoms with van der Waals surface area (Å²) in [5, 5.41) is 2.87. The molecule has 2 heteroatoms. The van der Waals surface area contributed by atoms with Crippen molar-refractivity contribution in [2.45, 2.75) is 155 Å². The molecule has 0 aromatic rings. The Balaban J connectivity index is 2.99. The van der Waals surface area contributed by atoms with Crippen LogP contribution in [0.2, 0.25) is 0 Å². The second-order valence-corrected chi connectivity index (χ2v) is 8.91. The molecule has 1 amide bonds. The molecular weight excluding hydrogens is 342 g/mol. The molecule has 0 saturated carbocycles. The van der Waals surface area contributed by atoms with E-state index in [0.717, 1.165) is 13.0 Å². The molecule has 0 aliphatic rings. The fraction of sp³-hybridized carbons (Fsp3) is 0.962. The normalized spacial score (nSPS) is 11.1. The van der Waals surface area contributed by atoms with Gasteiger partial charge in [-0.3, -0.25) is 4.79 Å². The largest absolute Gasteiger partial charge is 0.356 e. The maximum Gasteiger partial charge on any atom is 0.216 e. The zero-order valence-electron chi connectivity index (χ0n) is 19.7. The number of carbonyl (C=O) groups is 1. The third-order valence-corrected chi connectivity index (χ3v) is 5.90. The van der Waals surface area contributed by atoms with Gasteiger partial charge < -0.3 is 5.32 Å². The molecule has 0 radical (unpaired) electrons. The summed E-state index contributed by atoms with van der Waals surface area (Å²) in [5.41, 5.74) is 0. The summed E-state index contributed by atoms with van der Waals surface area (Å²) in [6.45, 7) is 4.75. The van der Waals surface area contributed by atoms with E-state index in [4.69, 9.17) is 0 Å². The number of amides is 1. The lowest BCUT2D eigenvalue weighted by atomic mass is 10.0. The Labute approximate surface area is 178 Å². The first-order valence-corrected chi connectivity index (χ1v) is 13.0. The van der Waals surface area contributed by atoms with E-state index in [1.807, 2.05) is 0 Å². The Hall–Kier alpha value is -0.530. The van der Waals surface area contributed by atoms with Crippen LogP contribution in [0.1, 0.15) is 155 Å². The van der Waals surface area contributed by atoms with Gasteiger partial charge in [-0.15, -0.1) is 0 Å². The van der Waals surface area contributed by atoms with Gasteiger partial charge in [0.05, 0.1) is 0 Å². The number of nitrogens with one attached hydrogen (secondary N) is 1. The molecule has 28 heavy (non-hydrogen) atoms. The molecule has 0 aromatic heterocycles.